The van der Waals surface area contributed by atoms with E-state index in [1.807, 2.05) is 10.9 Å². The molecule has 0 atom stereocenters. The maximum absolute atomic E-state index is 4.34. The van der Waals surface area contributed by atoms with E-state index in [4.69, 9.17) is 0 Å². The number of aromatic nitrogens is 2. The van der Waals surface area contributed by atoms with E-state index in [0.29, 0.717) is 6.04 Å². The van der Waals surface area contributed by atoms with E-state index in [2.05, 4.69) is 63.4 Å². The zero-order chi connectivity index (χ0) is 14.0. The third-order valence-electron chi connectivity index (χ3n) is 3.44. The summed E-state index contributed by atoms with van der Waals surface area (Å²) in [5.74, 6) is 0. The second-order valence-corrected chi connectivity index (χ2v) is 5.53. The van der Waals surface area contributed by atoms with Crippen molar-refractivity contribution in [2.24, 2.45) is 0 Å². The highest BCUT2D eigenvalue weighted by molar-refractivity contribution is 5.43. The van der Waals surface area contributed by atoms with Gasteiger partial charge in [-0.2, -0.15) is 5.10 Å². The molecule has 0 bridgehead atoms. The summed E-state index contributed by atoms with van der Waals surface area (Å²) in [7, 11) is 0. The molecule has 0 aliphatic rings. The van der Waals surface area contributed by atoms with Crippen molar-refractivity contribution in [3.8, 4) is 0 Å². The molecule has 19 heavy (non-hydrogen) atoms. The zero-order valence-electron chi connectivity index (χ0n) is 12.5. The molecule has 0 saturated carbocycles. The zero-order valence-corrected chi connectivity index (χ0v) is 12.5. The van der Waals surface area contributed by atoms with Gasteiger partial charge in [0.15, 0.2) is 0 Å². The fourth-order valence-corrected chi connectivity index (χ4v) is 2.39. The predicted octanol–water partition coefficient (Wildman–Crippen LogP) is 4.00. The van der Waals surface area contributed by atoms with Crippen LogP contribution in [0.25, 0.3) is 0 Å². The van der Waals surface area contributed by atoms with Gasteiger partial charge in [0, 0.05) is 18.8 Å². The minimum Gasteiger partial charge on any atom is -0.378 e. The Hall–Kier alpha value is -1.77. The lowest BCUT2D eigenvalue weighted by Crippen LogP contribution is -2.04. The van der Waals surface area contributed by atoms with Crippen molar-refractivity contribution >= 4 is 5.69 Å². The Morgan fingerprint density at radius 2 is 1.79 bits per heavy atom. The first kappa shape index (κ1) is 13.7. The molecule has 0 aliphatic carbocycles. The average Bonchev–Trinajstić information content (AvgIpc) is 2.76. The maximum Gasteiger partial charge on any atom is 0.0729 e. The van der Waals surface area contributed by atoms with Gasteiger partial charge in [-0.1, -0.05) is 17.7 Å². The monoisotopic (exact) mass is 257 g/mol. The Morgan fingerprint density at radius 3 is 2.32 bits per heavy atom. The van der Waals surface area contributed by atoms with Crippen LogP contribution >= 0.6 is 0 Å². The van der Waals surface area contributed by atoms with Crippen molar-refractivity contribution < 1.29 is 0 Å². The summed E-state index contributed by atoms with van der Waals surface area (Å²) in [4.78, 5) is 0. The van der Waals surface area contributed by atoms with Crippen LogP contribution < -0.4 is 5.32 Å². The van der Waals surface area contributed by atoms with Gasteiger partial charge in [-0.05, 0) is 51.3 Å². The highest BCUT2D eigenvalue weighted by atomic mass is 15.3. The van der Waals surface area contributed by atoms with Crippen LogP contribution in [0.4, 0.5) is 5.69 Å². The largest absolute Gasteiger partial charge is 0.378 e. The minimum absolute atomic E-state index is 0.401. The molecule has 1 N–H and O–H groups in total. The van der Waals surface area contributed by atoms with E-state index in [1.165, 1.54) is 22.3 Å². The molecule has 2 rings (SSSR count). The first-order valence-corrected chi connectivity index (χ1v) is 6.82. The predicted molar refractivity (Wildman–Crippen MR) is 80.6 cm³/mol. The third kappa shape index (κ3) is 3.16. The van der Waals surface area contributed by atoms with Crippen LogP contribution in [0.1, 0.15) is 42.1 Å². The van der Waals surface area contributed by atoms with Crippen LogP contribution in [0.2, 0.25) is 0 Å². The average molecular weight is 257 g/mol. The summed E-state index contributed by atoms with van der Waals surface area (Å²) < 4.78 is 1.97. The number of nitrogens with zero attached hydrogens (tertiary/aromatic N) is 2. The summed E-state index contributed by atoms with van der Waals surface area (Å²) in [6, 6.07) is 4.88. The van der Waals surface area contributed by atoms with Gasteiger partial charge < -0.3 is 5.32 Å². The van der Waals surface area contributed by atoms with Gasteiger partial charge >= 0.3 is 0 Å². The molecular weight excluding hydrogens is 234 g/mol. The van der Waals surface area contributed by atoms with Crippen molar-refractivity contribution in [3.63, 3.8) is 0 Å². The molecule has 1 aromatic carbocycles. The highest BCUT2D eigenvalue weighted by Crippen LogP contribution is 2.18. The van der Waals surface area contributed by atoms with E-state index in [1.54, 1.807) is 0 Å². The van der Waals surface area contributed by atoms with Crippen LogP contribution in [0.5, 0.6) is 0 Å². The lowest BCUT2D eigenvalue weighted by Gasteiger charge is -2.12. The van der Waals surface area contributed by atoms with Gasteiger partial charge in [0.1, 0.15) is 0 Å². The number of benzene rings is 1. The Kier molecular flexibility index (Phi) is 3.93. The van der Waals surface area contributed by atoms with Gasteiger partial charge in [-0.15, -0.1) is 0 Å². The van der Waals surface area contributed by atoms with Gasteiger partial charge in [-0.3, -0.25) is 4.68 Å². The summed E-state index contributed by atoms with van der Waals surface area (Å²) in [6.07, 6.45) is 3.95. The Bertz CT molecular complexity index is 544. The summed E-state index contributed by atoms with van der Waals surface area (Å²) in [6.45, 7) is 11.6. The van der Waals surface area contributed by atoms with E-state index >= 15 is 0 Å². The second kappa shape index (κ2) is 5.47. The Labute approximate surface area is 115 Å². The fraction of sp³-hybridized carbons (Fsp3) is 0.438. The lowest BCUT2D eigenvalue weighted by atomic mass is 10.00. The van der Waals surface area contributed by atoms with Crippen molar-refractivity contribution in [3.05, 3.63) is 46.8 Å². The van der Waals surface area contributed by atoms with Gasteiger partial charge in [0.25, 0.3) is 0 Å². The maximum atomic E-state index is 4.34. The van der Waals surface area contributed by atoms with Crippen LogP contribution in [0.15, 0.2) is 24.5 Å². The number of rotatable bonds is 4. The van der Waals surface area contributed by atoms with E-state index < -0.39 is 0 Å². The molecule has 0 radical (unpaired) electrons. The molecule has 1 heterocycles. The number of nitrogens with one attached hydrogen (secondary N) is 1. The molecule has 2 aromatic rings. The molecule has 0 amide bonds. The van der Waals surface area contributed by atoms with E-state index in [0.717, 1.165) is 12.2 Å². The van der Waals surface area contributed by atoms with E-state index in [9.17, 15) is 0 Å². The molecular formula is C16H23N3. The quantitative estimate of drug-likeness (QED) is 0.897. The first-order valence-electron chi connectivity index (χ1n) is 6.82. The summed E-state index contributed by atoms with van der Waals surface area (Å²) >= 11 is 0. The third-order valence-corrected chi connectivity index (χ3v) is 3.44. The molecule has 0 aliphatic heterocycles. The molecule has 0 saturated heterocycles. The normalized spacial score (nSPS) is 11.1. The molecule has 0 fully saturated rings. The minimum atomic E-state index is 0.401. The second-order valence-electron chi connectivity index (χ2n) is 5.53. The molecule has 1 aromatic heterocycles. The van der Waals surface area contributed by atoms with Crippen LogP contribution in [0, 0.1) is 20.8 Å². The molecule has 0 unspecified atom stereocenters. The topological polar surface area (TPSA) is 29.9 Å². The molecule has 3 nitrogen and oxygen atoms in total. The summed E-state index contributed by atoms with van der Waals surface area (Å²) in [5.41, 5.74) is 6.48. The number of anilines is 1. The summed E-state index contributed by atoms with van der Waals surface area (Å²) in [5, 5.41) is 7.80. The smallest absolute Gasteiger partial charge is 0.0729 e. The van der Waals surface area contributed by atoms with Crippen molar-refractivity contribution in [2.45, 2.75) is 47.2 Å². The lowest BCUT2D eigenvalue weighted by molar-refractivity contribution is 0.532. The van der Waals surface area contributed by atoms with E-state index in [-0.39, 0.29) is 0 Å². The number of aryl methyl sites for hydroxylation is 3. The SMILES string of the molecule is Cc1cc(C)c(CNc2cnn(C(C)C)c2)c(C)c1. The Balaban J connectivity index is 2.10. The van der Waals surface area contributed by atoms with Crippen molar-refractivity contribution in [1.82, 2.24) is 9.78 Å². The highest BCUT2D eigenvalue weighted by Gasteiger charge is 2.05. The van der Waals surface area contributed by atoms with Crippen LogP contribution in [-0.4, -0.2) is 9.78 Å². The van der Waals surface area contributed by atoms with Crippen molar-refractivity contribution in [2.75, 3.05) is 5.32 Å². The molecule has 0 spiro atoms. The van der Waals surface area contributed by atoms with Crippen LogP contribution in [-0.2, 0) is 6.54 Å². The Morgan fingerprint density at radius 1 is 1.16 bits per heavy atom. The molecule has 102 valence electrons. The first-order chi connectivity index (χ1) is 8.97. The van der Waals surface area contributed by atoms with Gasteiger partial charge in [0.2, 0.25) is 0 Å². The number of hydrogen-bond acceptors (Lipinski definition) is 2. The van der Waals surface area contributed by atoms with Crippen molar-refractivity contribution in [1.29, 1.82) is 0 Å². The molecule has 3 heteroatoms. The van der Waals surface area contributed by atoms with Gasteiger partial charge in [0.05, 0.1) is 11.9 Å². The standard InChI is InChI=1S/C16H23N3/c1-11(2)19-10-15(8-18-19)17-9-16-13(4)6-12(3)7-14(16)5/h6-8,10-11,17H,9H2,1-5H3. The van der Waals surface area contributed by atoms with Gasteiger partial charge in [-0.25, -0.2) is 0 Å². The van der Waals surface area contributed by atoms with Crippen LogP contribution in [0.3, 0.4) is 0 Å². The number of hydrogen-bond donors (Lipinski definition) is 1. The fourth-order valence-electron chi connectivity index (χ4n) is 2.39.